The summed E-state index contributed by atoms with van der Waals surface area (Å²) in [4.78, 5) is 24.4. The molecular weight excluding hydrogens is 546 g/mol. The van der Waals surface area contributed by atoms with Gasteiger partial charge in [0.25, 0.3) is 0 Å². The van der Waals surface area contributed by atoms with Crippen molar-refractivity contribution in [3.05, 3.63) is 66.1 Å². The number of nitrogens with two attached hydrogens (primary N) is 1. The van der Waals surface area contributed by atoms with Gasteiger partial charge in [-0.15, -0.1) is 0 Å². The Labute approximate surface area is 242 Å². The molecule has 1 saturated heterocycles. The third-order valence-corrected chi connectivity index (χ3v) is 7.63. The lowest BCUT2D eigenvalue weighted by Crippen LogP contribution is -2.56. The van der Waals surface area contributed by atoms with Gasteiger partial charge < -0.3 is 30.3 Å². The molecule has 3 atom stereocenters. The largest absolute Gasteiger partial charge is 0.453 e. The standard InChI is InChI=1S/C29H34F2N8O3/c1-17-13-38(15-23(32)20(17)14-37(2)29(40)42-4)26-7-8-33-12-25(26)35-28-34-11-19-5-6-24(36-39(19)28)27-21(30)9-18(16-41-3)10-22(27)31/h5-12,17,20,23H,13-16,32H2,1-4H3,(H,34,35)/t17-,20-,23+/m0/s1. The number of carbonyl (C=O) groups excluding carboxylic acids is 1. The number of nitrogens with one attached hydrogen (secondary N) is 1. The third kappa shape index (κ3) is 5.83. The summed E-state index contributed by atoms with van der Waals surface area (Å²) >= 11 is 0. The number of amides is 1. The van der Waals surface area contributed by atoms with E-state index in [4.69, 9.17) is 15.2 Å². The van der Waals surface area contributed by atoms with Crippen LogP contribution in [0.3, 0.4) is 0 Å². The van der Waals surface area contributed by atoms with Gasteiger partial charge in [-0.2, -0.15) is 9.61 Å². The summed E-state index contributed by atoms with van der Waals surface area (Å²) in [6.07, 6.45) is 4.61. The number of halogens is 2. The lowest BCUT2D eigenvalue weighted by Gasteiger charge is -2.43. The highest BCUT2D eigenvalue weighted by molar-refractivity contribution is 5.74. The first kappa shape index (κ1) is 29.1. The molecule has 4 aromatic rings. The Morgan fingerprint density at radius 3 is 2.62 bits per heavy atom. The normalized spacial score (nSPS) is 18.7. The highest BCUT2D eigenvalue weighted by Crippen LogP contribution is 2.34. The molecule has 0 radical (unpaired) electrons. The second-order valence-corrected chi connectivity index (χ2v) is 10.6. The zero-order valence-corrected chi connectivity index (χ0v) is 23.9. The molecule has 0 saturated carbocycles. The lowest BCUT2D eigenvalue weighted by atomic mass is 9.83. The molecular formula is C29H34F2N8O3. The number of rotatable bonds is 8. The number of benzene rings is 1. The molecule has 0 unspecified atom stereocenters. The van der Waals surface area contributed by atoms with E-state index >= 15 is 0 Å². The summed E-state index contributed by atoms with van der Waals surface area (Å²) < 4.78 is 41.2. The fraction of sp³-hybridized carbons (Fsp3) is 0.379. The molecule has 0 aliphatic carbocycles. The summed E-state index contributed by atoms with van der Waals surface area (Å²) in [5.74, 6) is -0.843. The van der Waals surface area contributed by atoms with Crippen molar-refractivity contribution in [2.45, 2.75) is 19.6 Å². The monoisotopic (exact) mass is 580 g/mol. The molecule has 4 heterocycles. The van der Waals surface area contributed by atoms with Crippen LogP contribution in [0.15, 0.2) is 48.9 Å². The molecule has 222 valence electrons. The van der Waals surface area contributed by atoms with Gasteiger partial charge in [-0.05, 0) is 47.7 Å². The smallest absolute Gasteiger partial charge is 0.409 e. The molecule has 1 fully saturated rings. The second-order valence-electron chi connectivity index (χ2n) is 10.6. The maximum atomic E-state index is 14.9. The van der Waals surface area contributed by atoms with Crippen molar-refractivity contribution in [2.24, 2.45) is 17.6 Å². The number of carbonyl (C=O) groups is 1. The maximum Gasteiger partial charge on any atom is 0.409 e. The predicted molar refractivity (Wildman–Crippen MR) is 154 cm³/mol. The van der Waals surface area contributed by atoms with E-state index in [1.165, 1.54) is 30.9 Å². The van der Waals surface area contributed by atoms with Crippen LogP contribution in [0.5, 0.6) is 0 Å². The van der Waals surface area contributed by atoms with E-state index in [2.05, 4.69) is 32.2 Å². The van der Waals surface area contributed by atoms with E-state index < -0.39 is 17.7 Å². The van der Waals surface area contributed by atoms with Crippen LogP contribution in [-0.2, 0) is 16.1 Å². The van der Waals surface area contributed by atoms with Crippen molar-refractivity contribution in [3.63, 3.8) is 0 Å². The Balaban J connectivity index is 1.40. The first-order valence-corrected chi connectivity index (χ1v) is 13.5. The number of hydrogen-bond acceptors (Lipinski definition) is 9. The number of anilines is 3. The number of hydrogen-bond donors (Lipinski definition) is 2. The number of piperidine rings is 1. The number of nitrogens with zero attached hydrogens (tertiary/aromatic N) is 6. The fourth-order valence-electron chi connectivity index (χ4n) is 5.53. The van der Waals surface area contributed by atoms with Gasteiger partial charge in [0.1, 0.15) is 11.6 Å². The fourth-order valence-corrected chi connectivity index (χ4v) is 5.53. The van der Waals surface area contributed by atoms with Crippen LogP contribution in [0.4, 0.5) is 30.9 Å². The molecule has 11 nitrogen and oxygen atoms in total. The van der Waals surface area contributed by atoms with Gasteiger partial charge in [0.2, 0.25) is 5.95 Å². The first-order chi connectivity index (χ1) is 20.2. The van der Waals surface area contributed by atoms with Crippen molar-refractivity contribution in [1.29, 1.82) is 0 Å². The van der Waals surface area contributed by atoms with Crippen LogP contribution in [0.1, 0.15) is 12.5 Å². The Hall–Kier alpha value is -4.36. The van der Waals surface area contributed by atoms with Crippen molar-refractivity contribution < 1.29 is 23.0 Å². The van der Waals surface area contributed by atoms with Crippen LogP contribution >= 0.6 is 0 Å². The minimum Gasteiger partial charge on any atom is -0.453 e. The highest BCUT2D eigenvalue weighted by Gasteiger charge is 2.35. The highest BCUT2D eigenvalue weighted by atomic mass is 19.1. The van der Waals surface area contributed by atoms with Gasteiger partial charge >= 0.3 is 6.09 Å². The Morgan fingerprint density at radius 2 is 1.93 bits per heavy atom. The van der Waals surface area contributed by atoms with Crippen LogP contribution in [0.2, 0.25) is 0 Å². The van der Waals surface area contributed by atoms with Crippen LogP contribution in [0.25, 0.3) is 16.8 Å². The summed E-state index contributed by atoms with van der Waals surface area (Å²) in [5.41, 5.74) is 9.06. The lowest BCUT2D eigenvalue weighted by molar-refractivity contribution is 0.115. The average Bonchev–Trinajstić information content (AvgIpc) is 3.36. The summed E-state index contributed by atoms with van der Waals surface area (Å²) in [6.45, 7) is 3.97. The Morgan fingerprint density at radius 1 is 1.17 bits per heavy atom. The SMILES string of the molecule is COCc1cc(F)c(-c2ccc3cnc(Nc4cnccc4N4C[C@@H](N)[C@@H](CN(C)C(=O)OC)[C@@H](C)C4)n3n2)c(F)c1. The first-order valence-electron chi connectivity index (χ1n) is 13.5. The Bertz CT molecular complexity index is 1550. The summed E-state index contributed by atoms with van der Waals surface area (Å²) in [5, 5.41) is 7.80. The van der Waals surface area contributed by atoms with E-state index in [0.29, 0.717) is 42.4 Å². The number of imidazole rings is 1. The minimum atomic E-state index is -0.732. The minimum absolute atomic E-state index is 0.0896. The van der Waals surface area contributed by atoms with Crippen molar-refractivity contribution in [2.75, 3.05) is 51.1 Å². The van der Waals surface area contributed by atoms with Gasteiger partial charge in [-0.3, -0.25) is 4.98 Å². The van der Waals surface area contributed by atoms with Crippen molar-refractivity contribution in [3.8, 4) is 11.3 Å². The zero-order valence-electron chi connectivity index (χ0n) is 23.9. The van der Waals surface area contributed by atoms with Gasteiger partial charge in [-0.25, -0.2) is 18.6 Å². The van der Waals surface area contributed by atoms with E-state index in [-0.39, 0.29) is 35.7 Å². The molecule has 1 aliphatic heterocycles. The second kappa shape index (κ2) is 12.2. The zero-order chi connectivity index (χ0) is 30.0. The van der Waals surface area contributed by atoms with Gasteiger partial charge in [0, 0.05) is 46.0 Å². The molecule has 1 aromatic carbocycles. The van der Waals surface area contributed by atoms with Crippen LogP contribution in [0, 0.1) is 23.5 Å². The summed E-state index contributed by atoms with van der Waals surface area (Å²) in [7, 11) is 4.53. The summed E-state index contributed by atoms with van der Waals surface area (Å²) in [6, 6.07) is 7.43. The number of aromatic nitrogens is 4. The van der Waals surface area contributed by atoms with E-state index in [9.17, 15) is 13.6 Å². The third-order valence-electron chi connectivity index (χ3n) is 7.63. The molecule has 1 amide bonds. The quantitative estimate of drug-likeness (QED) is 0.318. The van der Waals surface area contributed by atoms with Crippen molar-refractivity contribution >= 4 is 28.9 Å². The molecule has 1 aliphatic rings. The molecule has 42 heavy (non-hydrogen) atoms. The van der Waals surface area contributed by atoms with Crippen molar-refractivity contribution in [1.82, 2.24) is 24.5 Å². The van der Waals surface area contributed by atoms with Gasteiger partial charge in [0.15, 0.2) is 0 Å². The maximum absolute atomic E-state index is 14.9. The molecule has 3 aromatic heterocycles. The average molecular weight is 581 g/mol. The van der Waals surface area contributed by atoms with Gasteiger partial charge in [-0.1, -0.05) is 6.92 Å². The number of ether oxygens (including phenoxy) is 2. The number of methoxy groups -OCH3 is 2. The van der Waals surface area contributed by atoms with E-state index in [1.54, 1.807) is 42.7 Å². The number of fused-ring (bicyclic) bond motifs is 1. The Kier molecular flexibility index (Phi) is 8.50. The molecule has 13 heteroatoms. The van der Waals surface area contributed by atoms with Crippen LogP contribution in [-0.4, -0.2) is 77.5 Å². The van der Waals surface area contributed by atoms with Gasteiger partial charge in [0.05, 0.1) is 54.3 Å². The number of pyridine rings is 1. The predicted octanol–water partition coefficient (Wildman–Crippen LogP) is 4.06. The van der Waals surface area contributed by atoms with E-state index in [0.717, 1.165) is 5.69 Å². The topological polar surface area (TPSA) is 123 Å². The molecule has 0 spiro atoms. The van der Waals surface area contributed by atoms with Crippen LogP contribution < -0.4 is 16.0 Å². The molecule has 5 rings (SSSR count). The molecule has 3 N–H and O–H groups in total. The molecule has 0 bridgehead atoms. The van der Waals surface area contributed by atoms with E-state index in [1.807, 2.05) is 6.07 Å².